The molecule has 0 aromatic heterocycles. The molecule has 2 aliphatic rings. The summed E-state index contributed by atoms with van der Waals surface area (Å²) >= 11 is 0. The van der Waals surface area contributed by atoms with Crippen LogP contribution in [0.15, 0.2) is 36.4 Å². The Bertz CT molecular complexity index is 1130. The fourth-order valence-corrected chi connectivity index (χ4v) is 5.17. The highest BCUT2D eigenvalue weighted by Gasteiger charge is 2.67. The van der Waals surface area contributed by atoms with Crippen molar-refractivity contribution in [3.05, 3.63) is 53.1 Å². The zero-order valence-corrected chi connectivity index (χ0v) is 19.3. The van der Waals surface area contributed by atoms with Gasteiger partial charge in [0.25, 0.3) is 0 Å². The van der Waals surface area contributed by atoms with Crippen LogP contribution in [-0.2, 0) is 20.8 Å². The van der Waals surface area contributed by atoms with Gasteiger partial charge in [-0.2, -0.15) is 0 Å². The van der Waals surface area contributed by atoms with E-state index in [2.05, 4.69) is 5.32 Å². The van der Waals surface area contributed by atoms with E-state index >= 15 is 0 Å². The molecule has 0 aliphatic carbocycles. The van der Waals surface area contributed by atoms with Crippen molar-refractivity contribution in [2.45, 2.75) is 38.8 Å². The van der Waals surface area contributed by atoms with Gasteiger partial charge in [-0.3, -0.25) is 19.7 Å². The molecule has 33 heavy (non-hydrogen) atoms. The first-order chi connectivity index (χ1) is 15.7. The van der Waals surface area contributed by atoms with Gasteiger partial charge in [-0.1, -0.05) is 25.1 Å². The number of carboxylic acid groups (broad SMARTS) is 1. The van der Waals surface area contributed by atoms with E-state index in [1.54, 1.807) is 31.4 Å². The number of nitrogens with one attached hydrogen (secondary N) is 1. The number of aryl methyl sites for hydroxylation is 1. The molecule has 2 aliphatic heterocycles. The Morgan fingerprint density at radius 3 is 2.30 bits per heavy atom. The lowest BCUT2D eigenvalue weighted by Crippen LogP contribution is -2.53. The molecule has 0 radical (unpaired) electrons. The number of benzene rings is 2. The lowest BCUT2D eigenvalue weighted by Gasteiger charge is -2.28. The lowest BCUT2D eigenvalue weighted by molar-refractivity contribution is -0.147. The van der Waals surface area contributed by atoms with E-state index in [0.717, 1.165) is 22.4 Å². The summed E-state index contributed by atoms with van der Waals surface area (Å²) < 4.78 is 11.0. The monoisotopic (exact) mass is 452 g/mol. The average Bonchev–Trinajstić information content (AvgIpc) is 3.27. The van der Waals surface area contributed by atoms with Gasteiger partial charge in [0.05, 0.1) is 31.7 Å². The van der Waals surface area contributed by atoms with E-state index in [-0.39, 0.29) is 0 Å². The highest BCUT2D eigenvalue weighted by Crippen LogP contribution is 2.52. The van der Waals surface area contributed by atoms with Crippen LogP contribution in [0, 0.1) is 18.8 Å². The number of anilines is 1. The van der Waals surface area contributed by atoms with Crippen LogP contribution in [-0.4, -0.2) is 42.6 Å². The second-order valence-corrected chi connectivity index (χ2v) is 8.68. The molecule has 2 amide bonds. The zero-order valence-electron chi connectivity index (χ0n) is 19.3. The SMILES string of the molecule is CCc1ccc(N2C(=O)C3C(c4ccc(OC)c(C)c4OC)NC(C)(C(=O)O)C3C2=O)cc1. The number of hydrogen-bond acceptors (Lipinski definition) is 6. The molecule has 4 unspecified atom stereocenters. The second kappa shape index (κ2) is 8.19. The molecule has 4 rings (SSSR count). The Balaban J connectivity index is 1.84. The summed E-state index contributed by atoms with van der Waals surface area (Å²) in [4.78, 5) is 40.7. The molecule has 2 aromatic rings. The van der Waals surface area contributed by atoms with Gasteiger partial charge in [-0.05, 0) is 44.0 Å². The summed E-state index contributed by atoms with van der Waals surface area (Å²) in [5.74, 6) is -2.99. The molecular formula is C25H28N2O6. The average molecular weight is 453 g/mol. The van der Waals surface area contributed by atoms with Crippen molar-refractivity contribution in [1.29, 1.82) is 0 Å². The van der Waals surface area contributed by atoms with Crippen molar-refractivity contribution < 1.29 is 29.0 Å². The van der Waals surface area contributed by atoms with Crippen molar-refractivity contribution >= 4 is 23.5 Å². The van der Waals surface area contributed by atoms with Crippen LogP contribution in [0.1, 0.15) is 36.6 Å². The van der Waals surface area contributed by atoms with Crippen molar-refractivity contribution in [3.8, 4) is 11.5 Å². The number of hydrogen-bond donors (Lipinski definition) is 2. The number of amides is 2. The molecule has 0 saturated carbocycles. The van der Waals surface area contributed by atoms with Gasteiger partial charge in [-0.15, -0.1) is 0 Å². The number of aliphatic carboxylic acids is 1. The highest BCUT2D eigenvalue weighted by molar-refractivity contribution is 6.24. The zero-order chi connectivity index (χ0) is 24.1. The predicted molar refractivity (Wildman–Crippen MR) is 121 cm³/mol. The summed E-state index contributed by atoms with van der Waals surface area (Å²) in [5, 5.41) is 13.2. The number of carboxylic acids is 1. The fraction of sp³-hybridized carbons (Fsp3) is 0.400. The summed E-state index contributed by atoms with van der Waals surface area (Å²) in [6.07, 6.45) is 0.827. The summed E-state index contributed by atoms with van der Waals surface area (Å²) in [5.41, 5.74) is 1.23. The Kier molecular flexibility index (Phi) is 5.66. The summed E-state index contributed by atoms with van der Waals surface area (Å²) in [6.45, 7) is 5.31. The van der Waals surface area contributed by atoms with E-state index in [1.807, 2.05) is 26.0 Å². The van der Waals surface area contributed by atoms with Gasteiger partial charge in [0, 0.05) is 17.2 Å². The third-order valence-corrected chi connectivity index (χ3v) is 6.98. The van der Waals surface area contributed by atoms with Crippen LogP contribution in [0.3, 0.4) is 0 Å². The van der Waals surface area contributed by atoms with Gasteiger partial charge < -0.3 is 14.6 Å². The number of rotatable bonds is 6. The maximum absolute atomic E-state index is 13.7. The van der Waals surface area contributed by atoms with Crippen LogP contribution in [0.25, 0.3) is 0 Å². The molecule has 4 atom stereocenters. The van der Waals surface area contributed by atoms with E-state index in [4.69, 9.17) is 9.47 Å². The third kappa shape index (κ3) is 3.28. The molecule has 8 nitrogen and oxygen atoms in total. The number of carbonyl (C=O) groups excluding carboxylic acids is 2. The Hall–Kier alpha value is -3.39. The standard InChI is InChI=1S/C25H28N2O6/c1-6-14-7-9-15(10-8-14)27-22(28)18-19(23(27)29)25(3,24(30)31)26-20(18)16-11-12-17(32-4)13(2)21(16)33-5/h7-12,18-20,26H,6H2,1-5H3,(H,30,31). The molecule has 2 saturated heterocycles. The molecule has 8 heteroatoms. The molecule has 2 N–H and O–H groups in total. The van der Waals surface area contributed by atoms with Crippen LogP contribution < -0.4 is 19.7 Å². The topological polar surface area (TPSA) is 105 Å². The first-order valence-electron chi connectivity index (χ1n) is 10.9. The summed E-state index contributed by atoms with van der Waals surface area (Å²) in [7, 11) is 3.06. The van der Waals surface area contributed by atoms with Gasteiger partial charge in [0.1, 0.15) is 17.0 Å². The minimum Gasteiger partial charge on any atom is -0.496 e. The van der Waals surface area contributed by atoms with E-state index in [1.165, 1.54) is 14.0 Å². The second-order valence-electron chi connectivity index (χ2n) is 8.68. The van der Waals surface area contributed by atoms with E-state index in [9.17, 15) is 19.5 Å². The lowest BCUT2D eigenvalue weighted by atomic mass is 9.80. The van der Waals surface area contributed by atoms with Gasteiger partial charge >= 0.3 is 5.97 Å². The Morgan fingerprint density at radius 2 is 1.76 bits per heavy atom. The van der Waals surface area contributed by atoms with Gasteiger partial charge in [-0.25, -0.2) is 4.90 Å². The first kappa shape index (κ1) is 22.8. The quantitative estimate of drug-likeness (QED) is 0.650. The molecule has 0 bridgehead atoms. The number of ether oxygens (including phenoxy) is 2. The highest BCUT2D eigenvalue weighted by atomic mass is 16.5. The smallest absolute Gasteiger partial charge is 0.324 e. The number of fused-ring (bicyclic) bond motifs is 1. The third-order valence-electron chi connectivity index (χ3n) is 6.98. The number of carbonyl (C=O) groups is 3. The molecule has 174 valence electrons. The molecule has 2 heterocycles. The maximum atomic E-state index is 13.7. The molecular weight excluding hydrogens is 424 g/mol. The summed E-state index contributed by atoms with van der Waals surface area (Å²) in [6, 6.07) is 9.97. The van der Waals surface area contributed by atoms with Crippen molar-refractivity contribution in [1.82, 2.24) is 5.32 Å². The van der Waals surface area contributed by atoms with E-state index in [0.29, 0.717) is 22.7 Å². The van der Waals surface area contributed by atoms with Crippen LogP contribution in [0.4, 0.5) is 5.69 Å². The molecule has 0 spiro atoms. The predicted octanol–water partition coefficient (Wildman–Crippen LogP) is 2.87. The van der Waals surface area contributed by atoms with Crippen molar-refractivity contribution in [2.75, 3.05) is 19.1 Å². The van der Waals surface area contributed by atoms with Crippen LogP contribution in [0.2, 0.25) is 0 Å². The number of nitrogens with zero attached hydrogens (tertiary/aromatic N) is 1. The number of methoxy groups -OCH3 is 2. The Labute approximate surface area is 192 Å². The Morgan fingerprint density at radius 1 is 1.09 bits per heavy atom. The normalized spacial score (nSPS) is 26.5. The molecule has 2 fully saturated rings. The minimum absolute atomic E-state index is 0.424. The largest absolute Gasteiger partial charge is 0.496 e. The minimum atomic E-state index is -1.63. The fourth-order valence-electron chi connectivity index (χ4n) is 5.17. The molecule has 2 aromatic carbocycles. The van der Waals surface area contributed by atoms with Crippen molar-refractivity contribution in [3.63, 3.8) is 0 Å². The number of imide groups is 1. The van der Waals surface area contributed by atoms with Crippen LogP contribution >= 0.6 is 0 Å². The first-order valence-corrected chi connectivity index (χ1v) is 10.9. The van der Waals surface area contributed by atoms with Crippen molar-refractivity contribution in [2.24, 2.45) is 11.8 Å². The van der Waals surface area contributed by atoms with E-state index < -0.39 is 41.2 Å². The van der Waals surface area contributed by atoms with Crippen LogP contribution in [0.5, 0.6) is 11.5 Å². The maximum Gasteiger partial charge on any atom is 0.324 e. The van der Waals surface area contributed by atoms with Gasteiger partial charge in [0.15, 0.2) is 0 Å². The van der Waals surface area contributed by atoms with Gasteiger partial charge in [0.2, 0.25) is 11.8 Å².